The number of carbonyl (C=O) groups is 1. The fourth-order valence-electron chi connectivity index (χ4n) is 3.52. The van der Waals surface area contributed by atoms with Gasteiger partial charge in [0, 0.05) is 37.0 Å². The topological polar surface area (TPSA) is 58.4 Å². The molecule has 0 aromatic heterocycles. The zero-order valence-electron chi connectivity index (χ0n) is 14.9. The number of halogens is 3. The standard InChI is InChI=1S/C20H23ClFN3O.ClH/c21-16-6-7-19(18(22)10-16)24-20(26)8-9-25-12-15(11-23)17(13-25)14-4-2-1-3-5-14;/h1-7,10,15,17H,8-9,11-13,23H2,(H,24,26);1H/t15-,17+;/m1./s1. The number of amides is 1. The van der Waals surface area contributed by atoms with Gasteiger partial charge in [0.25, 0.3) is 0 Å². The molecule has 1 aliphatic heterocycles. The second kappa shape index (κ2) is 10.0. The molecule has 0 unspecified atom stereocenters. The van der Waals surface area contributed by atoms with Crippen molar-refractivity contribution in [2.75, 3.05) is 31.5 Å². The van der Waals surface area contributed by atoms with Crippen molar-refractivity contribution >= 4 is 35.6 Å². The number of nitrogens with zero attached hydrogens (tertiary/aromatic N) is 1. The van der Waals surface area contributed by atoms with Crippen LogP contribution >= 0.6 is 24.0 Å². The van der Waals surface area contributed by atoms with Crippen LogP contribution in [0.5, 0.6) is 0 Å². The summed E-state index contributed by atoms with van der Waals surface area (Å²) in [6.45, 7) is 3.01. The molecule has 2 atom stereocenters. The van der Waals surface area contributed by atoms with Crippen LogP contribution in [0.3, 0.4) is 0 Å². The fourth-order valence-corrected chi connectivity index (χ4v) is 3.68. The summed E-state index contributed by atoms with van der Waals surface area (Å²) in [5.74, 6) is 0.0326. The van der Waals surface area contributed by atoms with Crippen LogP contribution in [0.4, 0.5) is 10.1 Å². The third kappa shape index (κ3) is 5.66. The van der Waals surface area contributed by atoms with Gasteiger partial charge >= 0.3 is 0 Å². The highest BCUT2D eigenvalue weighted by molar-refractivity contribution is 6.30. The molecule has 0 aliphatic carbocycles. The van der Waals surface area contributed by atoms with E-state index in [2.05, 4.69) is 22.3 Å². The third-order valence-electron chi connectivity index (χ3n) is 4.91. The summed E-state index contributed by atoms with van der Waals surface area (Å²) >= 11 is 5.72. The quantitative estimate of drug-likeness (QED) is 0.757. The number of rotatable bonds is 6. The summed E-state index contributed by atoms with van der Waals surface area (Å²) in [7, 11) is 0. The first-order valence-electron chi connectivity index (χ1n) is 8.79. The van der Waals surface area contributed by atoms with E-state index in [0.29, 0.717) is 36.4 Å². The summed E-state index contributed by atoms with van der Waals surface area (Å²) < 4.78 is 13.8. The molecule has 146 valence electrons. The van der Waals surface area contributed by atoms with E-state index in [1.807, 2.05) is 18.2 Å². The van der Waals surface area contributed by atoms with E-state index in [9.17, 15) is 9.18 Å². The van der Waals surface area contributed by atoms with Gasteiger partial charge in [-0.3, -0.25) is 4.79 Å². The van der Waals surface area contributed by atoms with Crippen molar-refractivity contribution in [3.63, 3.8) is 0 Å². The maximum Gasteiger partial charge on any atom is 0.225 e. The summed E-state index contributed by atoms with van der Waals surface area (Å²) in [5, 5.41) is 2.91. The van der Waals surface area contributed by atoms with E-state index in [4.69, 9.17) is 17.3 Å². The molecule has 0 bridgehead atoms. The highest BCUT2D eigenvalue weighted by Gasteiger charge is 2.32. The Bertz CT molecular complexity index is 760. The van der Waals surface area contributed by atoms with Crippen LogP contribution in [0.25, 0.3) is 0 Å². The van der Waals surface area contributed by atoms with Gasteiger partial charge in [0.05, 0.1) is 5.69 Å². The van der Waals surface area contributed by atoms with E-state index in [-0.39, 0.29) is 24.0 Å². The van der Waals surface area contributed by atoms with E-state index in [1.54, 1.807) is 6.07 Å². The number of anilines is 1. The van der Waals surface area contributed by atoms with E-state index in [0.717, 1.165) is 13.1 Å². The average Bonchev–Trinajstić information content (AvgIpc) is 3.06. The van der Waals surface area contributed by atoms with Crippen LogP contribution < -0.4 is 11.1 Å². The first-order valence-corrected chi connectivity index (χ1v) is 9.17. The lowest BCUT2D eigenvalue weighted by Gasteiger charge is -2.16. The van der Waals surface area contributed by atoms with Gasteiger partial charge in [-0.05, 0) is 36.2 Å². The Hall–Kier alpha value is -1.66. The maximum atomic E-state index is 13.8. The van der Waals surface area contributed by atoms with Gasteiger partial charge in [-0.15, -0.1) is 12.4 Å². The van der Waals surface area contributed by atoms with Crippen molar-refractivity contribution in [3.8, 4) is 0 Å². The molecule has 0 spiro atoms. The zero-order chi connectivity index (χ0) is 18.5. The van der Waals surface area contributed by atoms with Gasteiger partial charge in [-0.1, -0.05) is 41.9 Å². The molecule has 3 N–H and O–H groups in total. The number of nitrogens with one attached hydrogen (secondary N) is 1. The van der Waals surface area contributed by atoms with Crippen LogP contribution in [-0.4, -0.2) is 37.0 Å². The predicted molar refractivity (Wildman–Crippen MR) is 110 cm³/mol. The molecule has 2 aromatic carbocycles. The fraction of sp³-hybridized carbons (Fsp3) is 0.350. The minimum Gasteiger partial charge on any atom is -0.330 e. The number of carbonyl (C=O) groups excluding carboxylic acids is 1. The summed E-state index contributed by atoms with van der Waals surface area (Å²) in [4.78, 5) is 14.4. The Labute approximate surface area is 170 Å². The van der Waals surface area contributed by atoms with Crippen LogP contribution in [-0.2, 0) is 4.79 Å². The summed E-state index contributed by atoms with van der Waals surface area (Å²) in [5.41, 5.74) is 7.40. The first-order chi connectivity index (χ1) is 12.6. The van der Waals surface area contributed by atoms with Crippen LogP contribution in [0.15, 0.2) is 48.5 Å². The molecular weight excluding hydrogens is 388 g/mol. The van der Waals surface area contributed by atoms with E-state index < -0.39 is 5.82 Å². The molecule has 7 heteroatoms. The van der Waals surface area contributed by atoms with Crippen molar-refractivity contribution in [1.82, 2.24) is 4.90 Å². The molecule has 3 rings (SSSR count). The lowest BCUT2D eigenvalue weighted by atomic mass is 9.89. The molecule has 1 heterocycles. The van der Waals surface area contributed by atoms with Crippen molar-refractivity contribution < 1.29 is 9.18 Å². The largest absolute Gasteiger partial charge is 0.330 e. The van der Waals surface area contributed by atoms with Crippen molar-refractivity contribution in [3.05, 3.63) is 64.9 Å². The lowest BCUT2D eigenvalue weighted by Crippen LogP contribution is -2.27. The van der Waals surface area contributed by atoms with Gasteiger partial charge < -0.3 is 16.0 Å². The average molecular weight is 412 g/mol. The predicted octanol–water partition coefficient (Wildman–Crippen LogP) is 3.90. The van der Waals surface area contributed by atoms with Gasteiger partial charge in [-0.25, -0.2) is 4.39 Å². The normalized spacial score (nSPS) is 19.5. The highest BCUT2D eigenvalue weighted by Crippen LogP contribution is 2.32. The SMILES string of the molecule is Cl.NC[C@@H]1CN(CCC(=O)Nc2ccc(Cl)cc2F)C[C@H]1c1ccccc1. The second-order valence-electron chi connectivity index (χ2n) is 6.69. The Kier molecular flexibility index (Phi) is 8.05. The minimum absolute atomic E-state index is 0. The lowest BCUT2D eigenvalue weighted by molar-refractivity contribution is -0.116. The van der Waals surface area contributed by atoms with E-state index in [1.165, 1.54) is 17.7 Å². The van der Waals surface area contributed by atoms with Crippen molar-refractivity contribution in [1.29, 1.82) is 0 Å². The Morgan fingerprint density at radius 2 is 1.96 bits per heavy atom. The molecule has 1 amide bonds. The van der Waals surface area contributed by atoms with Gasteiger partial charge in [-0.2, -0.15) is 0 Å². The second-order valence-corrected chi connectivity index (χ2v) is 7.13. The number of hydrogen-bond acceptors (Lipinski definition) is 3. The molecule has 1 saturated heterocycles. The number of benzene rings is 2. The first kappa shape index (κ1) is 21.6. The van der Waals surface area contributed by atoms with Gasteiger partial charge in [0.2, 0.25) is 5.91 Å². The monoisotopic (exact) mass is 411 g/mol. The number of hydrogen-bond donors (Lipinski definition) is 2. The van der Waals surface area contributed by atoms with Crippen molar-refractivity contribution in [2.24, 2.45) is 11.7 Å². The maximum absolute atomic E-state index is 13.8. The van der Waals surface area contributed by atoms with Crippen molar-refractivity contribution in [2.45, 2.75) is 12.3 Å². The third-order valence-corrected chi connectivity index (χ3v) is 5.14. The van der Waals surface area contributed by atoms with E-state index >= 15 is 0 Å². The molecule has 4 nitrogen and oxygen atoms in total. The summed E-state index contributed by atoms with van der Waals surface area (Å²) in [6, 6.07) is 14.6. The Morgan fingerprint density at radius 1 is 1.22 bits per heavy atom. The molecule has 2 aromatic rings. The molecule has 1 aliphatic rings. The Balaban J connectivity index is 0.00000261. The van der Waals surface area contributed by atoms with Gasteiger partial charge in [0.15, 0.2) is 0 Å². The molecule has 27 heavy (non-hydrogen) atoms. The molecular formula is C20H24Cl2FN3O. The molecule has 1 fully saturated rings. The molecule has 0 radical (unpaired) electrons. The number of likely N-dealkylation sites (tertiary alicyclic amines) is 1. The van der Waals surface area contributed by atoms with Gasteiger partial charge in [0.1, 0.15) is 5.82 Å². The highest BCUT2D eigenvalue weighted by atomic mass is 35.5. The minimum atomic E-state index is -0.528. The van der Waals surface area contributed by atoms with Crippen LogP contribution in [0.2, 0.25) is 5.02 Å². The molecule has 0 saturated carbocycles. The Morgan fingerprint density at radius 3 is 2.63 bits per heavy atom. The smallest absolute Gasteiger partial charge is 0.225 e. The van der Waals surface area contributed by atoms with Crippen LogP contribution in [0, 0.1) is 11.7 Å². The summed E-state index contributed by atoms with van der Waals surface area (Å²) in [6.07, 6.45) is 0.306. The zero-order valence-corrected chi connectivity index (χ0v) is 16.5. The number of nitrogens with two attached hydrogens (primary N) is 1. The van der Waals surface area contributed by atoms with Crippen LogP contribution in [0.1, 0.15) is 17.9 Å².